The van der Waals surface area contributed by atoms with Crippen molar-refractivity contribution in [3.05, 3.63) is 65.2 Å². The van der Waals surface area contributed by atoms with Gasteiger partial charge < -0.3 is 8.92 Å². The molecule has 3 rings (SSSR count). The van der Waals surface area contributed by atoms with Crippen LogP contribution in [0.25, 0.3) is 5.57 Å². The average Bonchev–Trinajstić information content (AvgIpc) is 2.89. The van der Waals surface area contributed by atoms with Crippen molar-refractivity contribution >= 4 is 21.7 Å². The van der Waals surface area contributed by atoms with Crippen molar-refractivity contribution in [1.29, 1.82) is 0 Å². The second-order valence-corrected chi connectivity index (χ2v) is 10.0. The van der Waals surface area contributed by atoms with Crippen LogP contribution in [0.3, 0.4) is 0 Å². The molecule has 0 fully saturated rings. The molecule has 0 bridgehead atoms. The lowest BCUT2D eigenvalue weighted by Crippen LogP contribution is -2.28. The summed E-state index contributed by atoms with van der Waals surface area (Å²) in [5.74, 6) is -0.317. The maximum absolute atomic E-state index is 12.5. The fourth-order valence-corrected chi connectivity index (χ4v) is 3.61. The quantitative estimate of drug-likeness (QED) is 0.252. The SMILES string of the molecule is CC(C)(C)C(=O)Oc1ccc2c(c1)CCCC=C2c1ccc(OS(=O)(=O)C(F)(F)F)cc1. The van der Waals surface area contributed by atoms with E-state index in [2.05, 4.69) is 4.18 Å². The van der Waals surface area contributed by atoms with Crippen LogP contribution in [0.2, 0.25) is 0 Å². The van der Waals surface area contributed by atoms with Gasteiger partial charge in [0, 0.05) is 0 Å². The highest BCUT2D eigenvalue weighted by Crippen LogP contribution is 2.35. The lowest BCUT2D eigenvalue weighted by atomic mass is 9.93. The monoisotopic (exact) mass is 468 g/mol. The predicted molar refractivity (Wildman–Crippen MR) is 114 cm³/mol. The third-order valence-corrected chi connectivity index (χ3v) is 5.82. The first-order valence-corrected chi connectivity index (χ1v) is 11.4. The van der Waals surface area contributed by atoms with Crippen molar-refractivity contribution in [1.82, 2.24) is 0 Å². The molecule has 172 valence electrons. The molecule has 1 aliphatic rings. The van der Waals surface area contributed by atoms with Gasteiger partial charge in [0.1, 0.15) is 11.5 Å². The van der Waals surface area contributed by atoms with Crippen LogP contribution in [-0.2, 0) is 21.3 Å². The van der Waals surface area contributed by atoms with E-state index in [0.717, 1.165) is 36.0 Å². The molecule has 0 spiro atoms. The van der Waals surface area contributed by atoms with Crippen LogP contribution in [-0.4, -0.2) is 19.9 Å². The molecule has 5 nitrogen and oxygen atoms in total. The number of rotatable bonds is 4. The van der Waals surface area contributed by atoms with Crippen molar-refractivity contribution in [2.24, 2.45) is 5.41 Å². The number of carbonyl (C=O) groups excluding carboxylic acids is 1. The second-order valence-electron chi connectivity index (χ2n) is 8.48. The number of benzene rings is 2. The fourth-order valence-electron chi connectivity index (χ4n) is 3.15. The summed E-state index contributed by atoms with van der Waals surface area (Å²) in [7, 11) is -5.72. The molecular formula is C23H23F3O5S. The van der Waals surface area contributed by atoms with E-state index in [1.807, 2.05) is 18.2 Å². The Morgan fingerprint density at radius 2 is 1.59 bits per heavy atom. The molecule has 2 aromatic carbocycles. The summed E-state index contributed by atoms with van der Waals surface area (Å²) in [5, 5.41) is 0. The van der Waals surface area contributed by atoms with E-state index >= 15 is 0 Å². The Labute approximate surface area is 185 Å². The van der Waals surface area contributed by atoms with Gasteiger partial charge in [-0.2, -0.15) is 21.6 Å². The highest BCUT2D eigenvalue weighted by molar-refractivity contribution is 7.88. The van der Waals surface area contributed by atoms with E-state index in [4.69, 9.17) is 4.74 Å². The molecule has 0 aromatic heterocycles. The third kappa shape index (κ3) is 5.32. The number of esters is 1. The van der Waals surface area contributed by atoms with Gasteiger partial charge in [0.05, 0.1) is 5.41 Å². The molecule has 0 saturated heterocycles. The summed E-state index contributed by atoms with van der Waals surface area (Å²) < 4.78 is 69.6. The Hall–Kier alpha value is -2.81. The molecule has 0 atom stereocenters. The zero-order valence-corrected chi connectivity index (χ0v) is 18.6. The zero-order valence-electron chi connectivity index (χ0n) is 17.8. The number of fused-ring (bicyclic) bond motifs is 1. The largest absolute Gasteiger partial charge is 0.534 e. The van der Waals surface area contributed by atoms with Crippen LogP contribution >= 0.6 is 0 Å². The predicted octanol–water partition coefficient (Wildman–Crippen LogP) is 5.63. The highest BCUT2D eigenvalue weighted by atomic mass is 32.2. The number of allylic oxidation sites excluding steroid dienone is 1. The van der Waals surface area contributed by atoms with Gasteiger partial charge in [-0.1, -0.05) is 24.3 Å². The van der Waals surface area contributed by atoms with E-state index in [0.29, 0.717) is 11.3 Å². The summed E-state index contributed by atoms with van der Waals surface area (Å²) in [6.07, 6.45) is 4.44. The summed E-state index contributed by atoms with van der Waals surface area (Å²) in [6, 6.07) is 10.8. The van der Waals surface area contributed by atoms with Crippen LogP contribution in [0.4, 0.5) is 13.2 Å². The zero-order chi connectivity index (χ0) is 23.7. The standard InChI is InChI=1S/C23H23F3O5S/c1-22(2,3)21(27)30-18-12-13-20-16(14-18)6-4-5-7-19(20)15-8-10-17(11-9-15)31-32(28,29)23(24,25)26/h7-14H,4-6H2,1-3H3. The van der Waals surface area contributed by atoms with Crippen molar-refractivity contribution < 1.29 is 35.3 Å². The first-order chi connectivity index (χ1) is 14.8. The number of halogens is 3. The highest BCUT2D eigenvalue weighted by Gasteiger charge is 2.48. The van der Waals surface area contributed by atoms with Crippen LogP contribution in [0.1, 0.15) is 50.3 Å². The lowest BCUT2D eigenvalue weighted by molar-refractivity contribution is -0.143. The molecule has 1 aliphatic carbocycles. The minimum Gasteiger partial charge on any atom is -0.426 e. The van der Waals surface area contributed by atoms with Crippen LogP contribution in [0.5, 0.6) is 11.5 Å². The molecule has 2 aromatic rings. The van der Waals surface area contributed by atoms with Gasteiger partial charge in [-0.15, -0.1) is 0 Å². The minimum atomic E-state index is -5.72. The third-order valence-electron chi connectivity index (χ3n) is 4.84. The van der Waals surface area contributed by atoms with Crippen LogP contribution in [0.15, 0.2) is 48.5 Å². The second kappa shape index (κ2) is 8.61. The average molecular weight is 468 g/mol. The summed E-state index contributed by atoms with van der Waals surface area (Å²) in [4.78, 5) is 12.2. The van der Waals surface area contributed by atoms with Gasteiger partial charge in [-0.25, -0.2) is 0 Å². The van der Waals surface area contributed by atoms with Gasteiger partial charge in [0.2, 0.25) is 0 Å². The van der Waals surface area contributed by atoms with Gasteiger partial charge in [-0.3, -0.25) is 4.79 Å². The molecule has 9 heteroatoms. The molecule has 0 unspecified atom stereocenters. The lowest BCUT2D eigenvalue weighted by Gasteiger charge is -2.18. The van der Waals surface area contributed by atoms with E-state index < -0.39 is 26.8 Å². The molecule has 32 heavy (non-hydrogen) atoms. The number of carbonyl (C=O) groups is 1. The van der Waals surface area contributed by atoms with Gasteiger partial charge in [0.15, 0.2) is 0 Å². The van der Waals surface area contributed by atoms with Gasteiger partial charge in [-0.05, 0) is 86.6 Å². The fraction of sp³-hybridized carbons (Fsp3) is 0.348. The Morgan fingerprint density at radius 3 is 2.19 bits per heavy atom. The van der Waals surface area contributed by atoms with E-state index in [9.17, 15) is 26.4 Å². The first kappa shape index (κ1) is 23.8. The van der Waals surface area contributed by atoms with Crippen molar-refractivity contribution in [3.63, 3.8) is 0 Å². The van der Waals surface area contributed by atoms with Crippen molar-refractivity contribution in [2.45, 2.75) is 45.5 Å². The maximum atomic E-state index is 12.5. The number of alkyl halides is 3. The molecule has 0 heterocycles. The van der Waals surface area contributed by atoms with Crippen LogP contribution < -0.4 is 8.92 Å². The first-order valence-electron chi connectivity index (χ1n) is 9.95. The number of aryl methyl sites for hydroxylation is 1. The van der Waals surface area contributed by atoms with Crippen LogP contribution in [0, 0.1) is 5.41 Å². The number of hydrogen-bond donors (Lipinski definition) is 0. The van der Waals surface area contributed by atoms with Crippen molar-refractivity contribution in [3.8, 4) is 11.5 Å². The summed E-state index contributed by atoms with van der Waals surface area (Å²) in [5.41, 5.74) is -2.69. The Kier molecular flexibility index (Phi) is 6.42. The van der Waals surface area contributed by atoms with Gasteiger partial charge >= 0.3 is 21.6 Å². The Morgan fingerprint density at radius 1 is 0.969 bits per heavy atom. The Balaban J connectivity index is 1.87. The van der Waals surface area contributed by atoms with E-state index in [1.54, 1.807) is 26.8 Å². The molecule has 0 aliphatic heterocycles. The van der Waals surface area contributed by atoms with Gasteiger partial charge in [0.25, 0.3) is 0 Å². The maximum Gasteiger partial charge on any atom is 0.534 e. The number of ether oxygens (including phenoxy) is 1. The minimum absolute atomic E-state index is 0.341. The summed E-state index contributed by atoms with van der Waals surface area (Å²) in [6.45, 7) is 5.31. The topological polar surface area (TPSA) is 69.7 Å². The molecule has 0 saturated carbocycles. The molecular weight excluding hydrogens is 445 g/mol. The molecule has 0 amide bonds. The molecule has 0 N–H and O–H groups in total. The number of hydrogen-bond acceptors (Lipinski definition) is 5. The van der Waals surface area contributed by atoms with E-state index in [1.165, 1.54) is 24.3 Å². The van der Waals surface area contributed by atoms with E-state index in [-0.39, 0.29) is 5.97 Å². The normalized spacial score (nSPS) is 14.8. The summed E-state index contributed by atoms with van der Waals surface area (Å²) >= 11 is 0. The smallest absolute Gasteiger partial charge is 0.426 e. The molecule has 0 radical (unpaired) electrons. The Bertz CT molecular complexity index is 1140. The van der Waals surface area contributed by atoms with Crippen molar-refractivity contribution in [2.75, 3.05) is 0 Å².